The fourth-order valence-electron chi connectivity index (χ4n) is 1.74. The number of nitrogens with one attached hydrogen (secondary N) is 2. The number of hydrogen-bond acceptors (Lipinski definition) is 2. The summed E-state index contributed by atoms with van der Waals surface area (Å²) in [6, 6.07) is 5.07. The number of nitrogens with zero attached hydrogens (tertiary/aromatic N) is 1. The number of aliphatic imine (C=N–C) groups is 1. The fourth-order valence-corrected chi connectivity index (χ4v) is 1.74. The van der Waals surface area contributed by atoms with Crippen LogP contribution in [0.2, 0.25) is 0 Å². The van der Waals surface area contributed by atoms with E-state index in [0.717, 1.165) is 24.1 Å². The Morgan fingerprint density at radius 3 is 2.35 bits per heavy atom. The van der Waals surface area contributed by atoms with Crippen LogP contribution in [0.25, 0.3) is 0 Å². The van der Waals surface area contributed by atoms with E-state index < -0.39 is 11.7 Å². The minimum absolute atomic E-state index is 0. The molecule has 132 valence electrons. The average Bonchev–Trinajstić information content (AvgIpc) is 2.49. The highest BCUT2D eigenvalue weighted by Gasteiger charge is 2.29. The van der Waals surface area contributed by atoms with Crippen molar-refractivity contribution in [1.82, 2.24) is 10.6 Å². The molecule has 0 aliphatic rings. The summed E-state index contributed by atoms with van der Waals surface area (Å²) in [5, 5.41) is 6.16. The van der Waals surface area contributed by atoms with Crippen molar-refractivity contribution in [2.45, 2.75) is 26.1 Å². The van der Waals surface area contributed by atoms with Gasteiger partial charge >= 0.3 is 6.18 Å². The molecule has 0 unspecified atom stereocenters. The van der Waals surface area contributed by atoms with Gasteiger partial charge < -0.3 is 15.4 Å². The maximum absolute atomic E-state index is 12.5. The Balaban J connectivity index is 0.00000484. The molecule has 0 aliphatic heterocycles. The first-order chi connectivity index (χ1) is 10.5. The predicted molar refractivity (Wildman–Crippen MR) is 96.2 cm³/mol. The van der Waals surface area contributed by atoms with Crippen LogP contribution in [0.4, 0.5) is 13.2 Å². The van der Waals surface area contributed by atoms with E-state index in [2.05, 4.69) is 15.6 Å². The van der Waals surface area contributed by atoms with E-state index >= 15 is 0 Å². The molecule has 0 aromatic heterocycles. The Kier molecular flexibility index (Phi) is 11.0. The molecule has 2 N–H and O–H groups in total. The van der Waals surface area contributed by atoms with Gasteiger partial charge in [0.05, 0.1) is 5.56 Å². The smallest absolute Gasteiger partial charge is 0.382 e. The fraction of sp³-hybridized carbons (Fsp3) is 0.533. The molecular formula is C15H23F3IN3O. The van der Waals surface area contributed by atoms with Crippen LogP contribution in [-0.4, -0.2) is 32.8 Å². The predicted octanol–water partition coefficient (Wildman–Crippen LogP) is 3.42. The molecule has 0 aliphatic carbocycles. The van der Waals surface area contributed by atoms with Crippen molar-refractivity contribution in [1.29, 1.82) is 0 Å². The van der Waals surface area contributed by atoms with E-state index in [1.54, 1.807) is 7.05 Å². The third kappa shape index (κ3) is 8.99. The van der Waals surface area contributed by atoms with Gasteiger partial charge in [-0.2, -0.15) is 13.2 Å². The van der Waals surface area contributed by atoms with Crippen LogP contribution in [0.5, 0.6) is 0 Å². The maximum atomic E-state index is 12.5. The number of alkyl halides is 3. The summed E-state index contributed by atoms with van der Waals surface area (Å²) in [5.74, 6) is 0.608. The van der Waals surface area contributed by atoms with Crippen molar-refractivity contribution < 1.29 is 17.9 Å². The second-order valence-electron chi connectivity index (χ2n) is 4.60. The van der Waals surface area contributed by atoms with E-state index in [1.165, 1.54) is 12.1 Å². The zero-order valence-electron chi connectivity index (χ0n) is 13.2. The lowest BCUT2D eigenvalue weighted by molar-refractivity contribution is -0.137. The van der Waals surface area contributed by atoms with Crippen LogP contribution < -0.4 is 10.6 Å². The summed E-state index contributed by atoms with van der Waals surface area (Å²) in [4.78, 5) is 4.05. The lowest BCUT2D eigenvalue weighted by Gasteiger charge is -2.12. The molecule has 0 saturated carbocycles. The van der Waals surface area contributed by atoms with Crippen LogP contribution >= 0.6 is 24.0 Å². The minimum atomic E-state index is -4.30. The number of ether oxygens (including phenoxy) is 1. The first kappa shape index (κ1) is 22.0. The number of rotatable bonds is 7. The highest BCUT2D eigenvalue weighted by atomic mass is 127. The third-order valence-electron chi connectivity index (χ3n) is 2.93. The topological polar surface area (TPSA) is 45.6 Å². The molecule has 0 atom stereocenters. The summed E-state index contributed by atoms with van der Waals surface area (Å²) in [6.45, 7) is 4.44. The molecule has 8 heteroatoms. The summed E-state index contributed by atoms with van der Waals surface area (Å²) in [7, 11) is 1.64. The zero-order chi connectivity index (χ0) is 16.4. The van der Waals surface area contributed by atoms with Gasteiger partial charge in [-0.1, -0.05) is 12.1 Å². The van der Waals surface area contributed by atoms with Gasteiger partial charge in [-0.05, 0) is 31.0 Å². The molecule has 0 bridgehead atoms. The highest BCUT2D eigenvalue weighted by molar-refractivity contribution is 14.0. The van der Waals surface area contributed by atoms with Gasteiger partial charge in [0.2, 0.25) is 0 Å². The first-order valence-electron chi connectivity index (χ1n) is 7.15. The van der Waals surface area contributed by atoms with Crippen LogP contribution in [-0.2, 0) is 17.5 Å². The lowest BCUT2D eigenvalue weighted by Crippen LogP contribution is -2.37. The number of hydrogen-bond donors (Lipinski definition) is 2. The van der Waals surface area contributed by atoms with Crippen molar-refractivity contribution in [2.24, 2.45) is 4.99 Å². The molecule has 4 nitrogen and oxygen atoms in total. The quantitative estimate of drug-likeness (QED) is 0.293. The third-order valence-corrected chi connectivity index (χ3v) is 2.93. The second kappa shape index (κ2) is 11.5. The van der Waals surface area contributed by atoms with Crippen LogP contribution in [0.3, 0.4) is 0 Å². The average molecular weight is 445 g/mol. The van der Waals surface area contributed by atoms with Crippen molar-refractivity contribution in [2.75, 3.05) is 26.8 Å². The van der Waals surface area contributed by atoms with Crippen molar-refractivity contribution in [3.63, 3.8) is 0 Å². The Labute approximate surface area is 151 Å². The molecule has 1 aromatic rings. The first-order valence-corrected chi connectivity index (χ1v) is 7.15. The SMILES string of the molecule is CCOCCCNC(=NC)NCc1ccc(C(F)(F)F)cc1.I. The molecule has 0 amide bonds. The number of halogens is 4. The summed E-state index contributed by atoms with van der Waals surface area (Å²) in [5.41, 5.74) is 0.111. The Morgan fingerprint density at radius 1 is 1.17 bits per heavy atom. The maximum Gasteiger partial charge on any atom is 0.416 e. The van der Waals surface area contributed by atoms with Crippen molar-refractivity contribution in [3.8, 4) is 0 Å². The molecule has 1 rings (SSSR count). The van der Waals surface area contributed by atoms with Gasteiger partial charge in [-0.25, -0.2) is 0 Å². The molecular weight excluding hydrogens is 422 g/mol. The lowest BCUT2D eigenvalue weighted by atomic mass is 10.1. The Hall–Kier alpha value is -1.03. The summed E-state index contributed by atoms with van der Waals surface area (Å²) in [6.07, 6.45) is -3.45. The van der Waals surface area contributed by atoms with E-state index in [0.29, 0.717) is 32.3 Å². The summed E-state index contributed by atoms with van der Waals surface area (Å²) < 4.78 is 42.6. The molecule has 0 spiro atoms. The van der Waals surface area contributed by atoms with Crippen LogP contribution in [0.1, 0.15) is 24.5 Å². The molecule has 0 heterocycles. The molecule has 1 aromatic carbocycles. The molecule has 0 fully saturated rings. The molecule has 23 heavy (non-hydrogen) atoms. The van der Waals surface area contributed by atoms with Crippen molar-refractivity contribution in [3.05, 3.63) is 35.4 Å². The van der Waals surface area contributed by atoms with Gasteiger partial charge in [0.15, 0.2) is 5.96 Å². The number of benzene rings is 1. The monoisotopic (exact) mass is 445 g/mol. The second-order valence-corrected chi connectivity index (χ2v) is 4.60. The van der Waals surface area contributed by atoms with Gasteiger partial charge in [0.25, 0.3) is 0 Å². The number of guanidine groups is 1. The standard InChI is InChI=1S/C15H22F3N3O.HI/c1-3-22-10-4-9-20-14(19-2)21-11-12-5-7-13(8-6-12)15(16,17)18;/h5-8H,3-4,9-11H2,1-2H3,(H2,19,20,21);1H. The Morgan fingerprint density at radius 2 is 1.83 bits per heavy atom. The van der Waals surface area contributed by atoms with E-state index in [-0.39, 0.29) is 24.0 Å². The van der Waals surface area contributed by atoms with Crippen LogP contribution in [0, 0.1) is 0 Å². The highest BCUT2D eigenvalue weighted by Crippen LogP contribution is 2.28. The normalized spacial score (nSPS) is 11.8. The van der Waals surface area contributed by atoms with E-state index in [9.17, 15) is 13.2 Å². The van der Waals surface area contributed by atoms with E-state index in [4.69, 9.17) is 4.74 Å². The Bertz CT molecular complexity index is 464. The van der Waals surface area contributed by atoms with Gasteiger partial charge in [-0.3, -0.25) is 4.99 Å². The van der Waals surface area contributed by atoms with E-state index in [1.807, 2.05) is 6.92 Å². The largest absolute Gasteiger partial charge is 0.416 e. The molecule has 0 radical (unpaired) electrons. The van der Waals surface area contributed by atoms with Crippen LogP contribution in [0.15, 0.2) is 29.3 Å². The van der Waals surface area contributed by atoms with Gasteiger partial charge in [0.1, 0.15) is 0 Å². The zero-order valence-corrected chi connectivity index (χ0v) is 15.6. The van der Waals surface area contributed by atoms with Gasteiger partial charge in [-0.15, -0.1) is 24.0 Å². The van der Waals surface area contributed by atoms with Crippen molar-refractivity contribution >= 4 is 29.9 Å². The van der Waals surface area contributed by atoms with Gasteiger partial charge in [0, 0.05) is 33.4 Å². The molecule has 0 saturated heterocycles. The summed E-state index contributed by atoms with van der Waals surface area (Å²) >= 11 is 0. The minimum Gasteiger partial charge on any atom is -0.382 e.